The van der Waals surface area contributed by atoms with Crippen LogP contribution >= 0.6 is 0 Å². The van der Waals surface area contributed by atoms with E-state index < -0.39 is 0 Å². The second-order valence-electron chi connectivity index (χ2n) is 9.22. The SMILES string of the molecule is COC[C@H]1CCCN1C[C@H]1CN2CC[C@H]1C[C@@H]2CNC(=O)c1ccc2c(c1)OCO2. The molecule has 5 aliphatic rings. The summed E-state index contributed by atoms with van der Waals surface area (Å²) in [6.07, 6.45) is 5.04. The summed E-state index contributed by atoms with van der Waals surface area (Å²) in [6, 6.07) is 6.43. The predicted molar refractivity (Wildman–Crippen MR) is 113 cm³/mol. The highest BCUT2D eigenvalue weighted by molar-refractivity contribution is 5.94. The highest BCUT2D eigenvalue weighted by atomic mass is 16.7. The Morgan fingerprint density at radius 2 is 2.10 bits per heavy atom. The quantitative estimate of drug-likeness (QED) is 0.735. The van der Waals surface area contributed by atoms with Crippen LogP contribution in [-0.2, 0) is 4.74 Å². The van der Waals surface area contributed by atoms with Crippen molar-refractivity contribution in [1.29, 1.82) is 0 Å². The third kappa shape index (κ3) is 4.03. The van der Waals surface area contributed by atoms with Crippen LogP contribution < -0.4 is 14.8 Å². The molecule has 2 bridgehead atoms. The minimum absolute atomic E-state index is 0.0352. The van der Waals surface area contributed by atoms with Crippen LogP contribution in [0.1, 0.15) is 36.0 Å². The molecule has 5 aliphatic heterocycles. The number of ether oxygens (including phenoxy) is 3. The second kappa shape index (κ2) is 8.73. The molecule has 7 heteroatoms. The monoisotopic (exact) mass is 415 g/mol. The molecule has 0 aliphatic carbocycles. The number of nitrogens with zero attached hydrogens (tertiary/aromatic N) is 2. The molecule has 1 aromatic rings. The zero-order valence-corrected chi connectivity index (χ0v) is 17.8. The van der Waals surface area contributed by atoms with E-state index in [1.54, 1.807) is 12.1 Å². The Balaban J connectivity index is 1.13. The Morgan fingerprint density at radius 3 is 2.93 bits per heavy atom. The maximum atomic E-state index is 12.6. The summed E-state index contributed by atoms with van der Waals surface area (Å²) in [7, 11) is 1.81. The van der Waals surface area contributed by atoms with Gasteiger partial charge in [-0.15, -0.1) is 0 Å². The summed E-state index contributed by atoms with van der Waals surface area (Å²) in [5.74, 6) is 2.84. The zero-order valence-electron chi connectivity index (χ0n) is 17.8. The van der Waals surface area contributed by atoms with Gasteiger partial charge in [0.1, 0.15) is 0 Å². The van der Waals surface area contributed by atoms with E-state index in [0.29, 0.717) is 35.7 Å². The van der Waals surface area contributed by atoms with E-state index in [-0.39, 0.29) is 12.7 Å². The van der Waals surface area contributed by atoms with E-state index in [9.17, 15) is 4.79 Å². The van der Waals surface area contributed by atoms with Gasteiger partial charge in [0.2, 0.25) is 6.79 Å². The van der Waals surface area contributed by atoms with Crippen LogP contribution in [0.15, 0.2) is 18.2 Å². The number of hydrogen-bond acceptors (Lipinski definition) is 6. The topological polar surface area (TPSA) is 63.3 Å². The van der Waals surface area contributed by atoms with E-state index in [4.69, 9.17) is 14.2 Å². The molecule has 1 aromatic carbocycles. The molecule has 1 unspecified atom stereocenters. The molecule has 6 rings (SSSR count). The fourth-order valence-electron chi connectivity index (χ4n) is 5.84. The maximum Gasteiger partial charge on any atom is 0.251 e. The first-order chi connectivity index (χ1) is 14.7. The van der Waals surface area contributed by atoms with Crippen molar-refractivity contribution in [3.63, 3.8) is 0 Å². The predicted octanol–water partition coefficient (Wildman–Crippen LogP) is 1.97. The van der Waals surface area contributed by atoms with E-state index in [0.717, 1.165) is 31.5 Å². The third-order valence-corrected chi connectivity index (χ3v) is 7.47. The van der Waals surface area contributed by atoms with Crippen molar-refractivity contribution < 1.29 is 19.0 Å². The van der Waals surface area contributed by atoms with E-state index >= 15 is 0 Å². The molecule has 1 N–H and O–H groups in total. The van der Waals surface area contributed by atoms with Gasteiger partial charge in [-0.25, -0.2) is 0 Å². The number of fused-ring (bicyclic) bond motifs is 4. The lowest BCUT2D eigenvalue weighted by atomic mass is 9.75. The first-order valence-corrected chi connectivity index (χ1v) is 11.4. The smallest absolute Gasteiger partial charge is 0.251 e. The summed E-state index contributed by atoms with van der Waals surface area (Å²) in [5.41, 5.74) is 0.631. The lowest BCUT2D eigenvalue weighted by Crippen LogP contribution is -2.58. The molecule has 30 heavy (non-hydrogen) atoms. The average molecular weight is 416 g/mol. The van der Waals surface area contributed by atoms with Crippen LogP contribution in [-0.4, -0.2) is 81.0 Å². The van der Waals surface area contributed by atoms with Crippen LogP contribution in [0.4, 0.5) is 0 Å². The molecule has 0 aromatic heterocycles. The van der Waals surface area contributed by atoms with Crippen molar-refractivity contribution in [2.45, 2.75) is 37.8 Å². The average Bonchev–Trinajstić information content (AvgIpc) is 3.42. The standard InChI is InChI=1S/C23H33N3O4/c1-28-14-19-3-2-7-25(19)12-18-13-26-8-6-16(18)9-20(26)11-24-23(27)17-4-5-21-22(10-17)30-15-29-21/h4-5,10,16,18-20H,2-3,6-9,11-15H2,1H3,(H,24,27)/t16-,18-,19+,20+/m0/s1. The van der Waals surface area contributed by atoms with E-state index in [1.165, 1.54) is 38.8 Å². The summed E-state index contributed by atoms with van der Waals surface area (Å²) in [5, 5.41) is 3.15. The molecule has 0 saturated carbocycles. The van der Waals surface area contributed by atoms with Crippen molar-refractivity contribution in [1.82, 2.24) is 15.1 Å². The van der Waals surface area contributed by atoms with Gasteiger partial charge in [-0.3, -0.25) is 14.6 Å². The van der Waals surface area contributed by atoms with Crippen LogP contribution in [0.25, 0.3) is 0 Å². The maximum absolute atomic E-state index is 12.6. The van der Waals surface area contributed by atoms with Crippen LogP contribution in [0.5, 0.6) is 11.5 Å². The van der Waals surface area contributed by atoms with Gasteiger partial charge in [-0.2, -0.15) is 0 Å². The molecule has 5 atom stereocenters. The van der Waals surface area contributed by atoms with E-state index in [2.05, 4.69) is 15.1 Å². The molecule has 5 heterocycles. The Kier molecular flexibility index (Phi) is 5.85. The van der Waals surface area contributed by atoms with Gasteiger partial charge < -0.3 is 19.5 Å². The Bertz CT molecular complexity index is 773. The van der Waals surface area contributed by atoms with Crippen molar-refractivity contribution in [2.75, 3.05) is 53.2 Å². The van der Waals surface area contributed by atoms with Gasteiger partial charge in [-0.05, 0) is 68.8 Å². The van der Waals surface area contributed by atoms with E-state index in [1.807, 2.05) is 13.2 Å². The molecule has 4 fully saturated rings. The van der Waals surface area contributed by atoms with Gasteiger partial charge in [0.15, 0.2) is 11.5 Å². The number of rotatable bonds is 7. The van der Waals surface area contributed by atoms with Crippen LogP contribution in [0.3, 0.4) is 0 Å². The minimum atomic E-state index is -0.0352. The Labute approximate surface area is 178 Å². The summed E-state index contributed by atoms with van der Waals surface area (Å²) in [4.78, 5) is 17.9. The summed E-state index contributed by atoms with van der Waals surface area (Å²) in [6.45, 7) is 6.53. The lowest BCUT2D eigenvalue weighted by Gasteiger charge is -2.51. The number of piperidine rings is 3. The summed E-state index contributed by atoms with van der Waals surface area (Å²) < 4.78 is 16.2. The van der Waals surface area contributed by atoms with Crippen molar-refractivity contribution >= 4 is 5.91 Å². The fourth-order valence-corrected chi connectivity index (χ4v) is 5.84. The van der Waals surface area contributed by atoms with Crippen molar-refractivity contribution in [2.24, 2.45) is 11.8 Å². The number of carbonyl (C=O) groups excluding carboxylic acids is 1. The molecule has 0 spiro atoms. The summed E-state index contributed by atoms with van der Waals surface area (Å²) >= 11 is 0. The zero-order chi connectivity index (χ0) is 20.5. The lowest BCUT2D eigenvalue weighted by molar-refractivity contribution is -0.0167. The minimum Gasteiger partial charge on any atom is -0.454 e. The third-order valence-electron chi connectivity index (χ3n) is 7.47. The van der Waals surface area contributed by atoms with Crippen molar-refractivity contribution in [3.05, 3.63) is 23.8 Å². The molecule has 7 nitrogen and oxygen atoms in total. The molecular formula is C23H33N3O4. The first kappa shape index (κ1) is 20.1. The van der Waals surface area contributed by atoms with Gasteiger partial charge in [-0.1, -0.05) is 0 Å². The number of carbonyl (C=O) groups is 1. The number of hydrogen-bond donors (Lipinski definition) is 1. The normalized spacial score (nSPS) is 32.5. The Hall–Kier alpha value is -1.83. The molecule has 1 amide bonds. The van der Waals surface area contributed by atoms with Gasteiger partial charge >= 0.3 is 0 Å². The molecule has 164 valence electrons. The number of amides is 1. The Morgan fingerprint density at radius 1 is 1.20 bits per heavy atom. The fraction of sp³-hybridized carbons (Fsp3) is 0.696. The number of likely N-dealkylation sites (tertiary alicyclic amines) is 1. The van der Waals surface area contributed by atoms with Gasteiger partial charge in [0.05, 0.1) is 6.61 Å². The number of nitrogens with one attached hydrogen (secondary N) is 1. The molecule has 4 saturated heterocycles. The highest BCUT2D eigenvalue weighted by Gasteiger charge is 2.41. The van der Waals surface area contributed by atoms with Crippen molar-refractivity contribution in [3.8, 4) is 11.5 Å². The first-order valence-electron chi connectivity index (χ1n) is 11.4. The highest BCUT2D eigenvalue weighted by Crippen LogP contribution is 2.37. The molecular weight excluding hydrogens is 382 g/mol. The molecule has 0 radical (unpaired) electrons. The van der Waals surface area contributed by atoms with Crippen LogP contribution in [0.2, 0.25) is 0 Å². The second-order valence-corrected chi connectivity index (χ2v) is 9.22. The number of benzene rings is 1. The largest absolute Gasteiger partial charge is 0.454 e. The van der Waals surface area contributed by atoms with Gasteiger partial charge in [0, 0.05) is 44.4 Å². The van der Waals surface area contributed by atoms with Crippen LogP contribution in [0, 0.1) is 11.8 Å². The van der Waals surface area contributed by atoms with Gasteiger partial charge in [0.25, 0.3) is 5.91 Å². The number of methoxy groups -OCH3 is 1.